The summed E-state index contributed by atoms with van der Waals surface area (Å²) in [5.41, 5.74) is 7.73. The van der Waals surface area contributed by atoms with E-state index in [1.54, 1.807) is 29.2 Å². The van der Waals surface area contributed by atoms with Crippen LogP contribution >= 0.6 is 0 Å². The number of rotatable bonds is 10. The predicted molar refractivity (Wildman–Crippen MR) is 148 cm³/mol. The van der Waals surface area contributed by atoms with Crippen LogP contribution in [-0.4, -0.2) is 55.2 Å². The zero-order chi connectivity index (χ0) is 28.0. The number of hydrogen-bond acceptors (Lipinski definition) is 6. The largest absolute Gasteiger partial charge is 0.425 e. The van der Waals surface area contributed by atoms with Crippen LogP contribution in [-0.2, 0) is 32.5 Å². The van der Waals surface area contributed by atoms with E-state index in [0.717, 1.165) is 36.8 Å². The van der Waals surface area contributed by atoms with Crippen LogP contribution in [0.3, 0.4) is 0 Å². The van der Waals surface area contributed by atoms with E-state index < -0.39 is 28.4 Å². The molecule has 10 nitrogen and oxygen atoms in total. The number of nitrogens with two attached hydrogens (primary N) is 1. The number of fused-ring (bicyclic) bond motifs is 1. The first-order valence-electron chi connectivity index (χ1n) is 13.4. The summed E-state index contributed by atoms with van der Waals surface area (Å²) < 4.78 is 33.5. The molecular formula is C28H37N5O5S. The van der Waals surface area contributed by atoms with Crippen molar-refractivity contribution >= 4 is 27.9 Å². The number of nitrogen functional groups attached to an aromatic ring is 1. The van der Waals surface area contributed by atoms with Crippen molar-refractivity contribution in [2.45, 2.75) is 70.3 Å². The standard InChI is InChI=1S/C28H37N5O5S/c1-2-39(36,37)32-23(16-19-8-4-3-5-9-19)27(34)33-24-11-7-6-10-22(24)17-25(33)38-28(35)31-18-20-12-14-21(15-13-20)26(29)30/h3-5,8-9,12-15,22-25,32H,2,6-7,10-11,16-18H2,1H3,(H3,29,30)(H,31,35)/t22-,23-,24-,25+/m1/s1. The number of nitrogens with zero attached hydrogens (tertiary/aromatic N) is 1. The Morgan fingerprint density at radius 2 is 1.77 bits per heavy atom. The van der Waals surface area contributed by atoms with Gasteiger partial charge in [0.25, 0.3) is 0 Å². The van der Waals surface area contributed by atoms with Gasteiger partial charge in [0.2, 0.25) is 15.9 Å². The topological polar surface area (TPSA) is 155 Å². The molecule has 0 aromatic heterocycles. The normalized spacial score (nSPS) is 21.6. The van der Waals surface area contributed by atoms with Crippen LogP contribution in [0.15, 0.2) is 54.6 Å². The summed E-state index contributed by atoms with van der Waals surface area (Å²) in [6, 6.07) is 15.1. The van der Waals surface area contributed by atoms with Gasteiger partial charge in [-0.3, -0.25) is 10.2 Å². The molecule has 0 bridgehead atoms. The molecule has 1 heterocycles. The Hall–Kier alpha value is -3.44. The number of amidine groups is 1. The number of carbonyl (C=O) groups excluding carboxylic acids is 2. The van der Waals surface area contributed by atoms with Crippen LogP contribution in [0.2, 0.25) is 0 Å². The molecule has 1 saturated heterocycles. The first-order valence-corrected chi connectivity index (χ1v) is 15.1. The Morgan fingerprint density at radius 3 is 2.44 bits per heavy atom. The van der Waals surface area contributed by atoms with Crippen LogP contribution < -0.4 is 15.8 Å². The van der Waals surface area contributed by atoms with Crippen molar-refractivity contribution in [3.63, 3.8) is 0 Å². The summed E-state index contributed by atoms with van der Waals surface area (Å²) in [4.78, 5) is 28.5. The Labute approximate surface area is 229 Å². The van der Waals surface area contributed by atoms with Gasteiger partial charge >= 0.3 is 6.09 Å². The average molecular weight is 556 g/mol. The van der Waals surface area contributed by atoms with Gasteiger partial charge in [0.1, 0.15) is 11.9 Å². The van der Waals surface area contributed by atoms with Crippen molar-refractivity contribution in [2.24, 2.45) is 11.7 Å². The molecule has 210 valence electrons. The molecule has 39 heavy (non-hydrogen) atoms. The van der Waals surface area contributed by atoms with Crippen molar-refractivity contribution in [3.05, 3.63) is 71.3 Å². The first-order chi connectivity index (χ1) is 18.7. The molecule has 4 atom stereocenters. The van der Waals surface area contributed by atoms with Crippen molar-refractivity contribution in [2.75, 3.05) is 5.75 Å². The number of ether oxygens (including phenoxy) is 1. The minimum absolute atomic E-state index is 0.0341. The third-order valence-corrected chi connectivity index (χ3v) is 8.93. The summed E-state index contributed by atoms with van der Waals surface area (Å²) >= 11 is 0. The molecule has 2 aliphatic rings. The summed E-state index contributed by atoms with van der Waals surface area (Å²) in [5, 5.41) is 10.2. The van der Waals surface area contributed by atoms with Crippen molar-refractivity contribution in [1.29, 1.82) is 5.41 Å². The van der Waals surface area contributed by atoms with Crippen LogP contribution in [0.25, 0.3) is 0 Å². The molecular weight excluding hydrogens is 518 g/mol. The molecule has 2 fully saturated rings. The molecule has 11 heteroatoms. The van der Waals surface area contributed by atoms with Gasteiger partial charge in [-0.15, -0.1) is 0 Å². The highest BCUT2D eigenvalue weighted by Gasteiger charge is 2.48. The third-order valence-electron chi connectivity index (χ3n) is 7.52. The monoisotopic (exact) mass is 555 g/mol. The lowest BCUT2D eigenvalue weighted by Gasteiger charge is -2.35. The summed E-state index contributed by atoms with van der Waals surface area (Å²) in [7, 11) is -3.67. The number of amides is 2. The van der Waals surface area contributed by atoms with Crippen LogP contribution in [0.5, 0.6) is 0 Å². The lowest BCUT2D eigenvalue weighted by molar-refractivity contribution is -0.143. The maximum atomic E-state index is 14.0. The number of alkyl carbamates (subject to hydrolysis) is 1. The van der Waals surface area contributed by atoms with E-state index in [2.05, 4.69) is 10.0 Å². The molecule has 1 aliphatic carbocycles. The average Bonchev–Trinajstić information content (AvgIpc) is 3.29. The van der Waals surface area contributed by atoms with Crippen molar-refractivity contribution in [1.82, 2.24) is 14.9 Å². The molecule has 1 aliphatic heterocycles. The van der Waals surface area contributed by atoms with Crippen LogP contribution in [0.1, 0.15) is 55.7 Å². The Balaban J connectivity index is 1.50. The second kappa shape index (κ2) is 12.6. The fourth-order valence-corrected chi connectivity index (χ4v) is 6.26. The fourth-order valence-electron chi connectivity index (χ4n) is 5.48. The van der Waals surface area contributed by atoms with Gasteiger partial charge in [0, 0.05) is 24.6 Å². The van der Waals surface area contributed by atoms with Gasteiger partial charge in [0.05, 0.1) is 5.75 Å². The Morgan fingerprint density at radius 1 is 1.08 bits per heavy atom. The zero-order valence-corrected chi connectivity index (χ0v) is 23.0. The number of carbonyl (C=O) groups is 2. The summed E-state index contributed by atoms with van der Waals surface area (Å²) in [6.07, 6.45) is 3.02. The quantitative estimate of drug-likeness (QED) is 0.261. The molecule has 0 spiro atoms. The van der Waals surface area contributed by atoms with Crippen molar-refractivity contribution < 1.29 is 22.7 Å². The molecule has 2 amide bonds. The molecule has 5 N–H and O–H groups in total. The second-order valence-corrected chi connectivity index (χ2v) is 12.2. The summed E-state index contributed by atoms with van der Waals surface area (Å²) in [6.45, 7) is 1.74. The van der Waals surface area contributed by atoms with Gasteiger partial charge in [0.15, 0.2) is 6.23 Å². The van der Waals surface area contributed by atoms with E-state index in [-0.39, 0.29) is 42.4 Å². The van der Waals surface area contributed by atoms with Crippen LogP contribution in [0.4, 0.5) is 4.79 Å². The van der Waals surface area contributed by atoms with E-state index in [9.17, 15) is 18.0 Å². The van der Waals surface area contributed by atoms with E-state index >= 15 is 0 Å². The SMILES string of the molecule is CCS(=O)(=O)N[C@H](Cc1ccccc1)C(=O)N1[C@@H](OC(=O)NCc2ccc(C(=N)N)cc2)C[C@H]2CCCC[C@H]21. The third kappa shape index (κ3) is 7.36. The number of sulfonamides is 1. The Kier molecular flexibility index (Phi) is 9.24. The second-order valence-electron chi connectivity index (χ2n) is 10.2. The zero-order valence-electron chi connectivity index (χ0n) is 22.1. The molecule has 0 unspecified atom stereocenters. The van der Waals surface area contributed by atoms with E-state index in [0.29, 0.717) is 12.0 Å². The van der Waals surface area contributed by atoms with E-state index in [1.165, 1.54) is 6.92 Å². The van der Waals surface area contributed by atoms with Gasteiger partial charge < -0.3 is 20.7 Å². The fraction of sp³-hybridized carbons (Fsp3) is 0.464. The first kappa shape index (κ1) is 28.6. The smallest absolute Gasteiger partial charge is 0.409 e. The van der Waals surface area contributed by atoms with E-state index in [1.807, 2.05) is 30.3 Å². The molecule has 0 radical (unpaired) electrons. The van der Waals surface area contributed by atoms with Gasteiger partial charge in [-0.2, -0.15) is 0 Å². The number of hydrogen-bond donors (Lipinski definition) is 4. The highest BCUT2D eigenvalue weighted by Crippen LogP contribution is 2.40. The maximum Gasteiger partial charge on any atom is 0.409 e. The highest BCUT2D eigenvalue weighted by atomic mass is 32.2. The number of likely N-dealkylation sites (tertiary alicyclic amines) is 1. The lowest BCUT2D eigenvalue weighted by atomic mass is 9.85. The maximum absolute atomic E-state index is 14.0. The number of benzene rings is 2. The predicted octanol–water partition coefficient (Wildman–Crippen LogP) is 2.86. The minimum atomic E-state index is -3.67. The van der Waals surface area contributed by atoms with Gasteiger partial charge in [-0.05, 0) is 43.2 Å². The van der Waals surface area contributed by atoms with Gasteiger partial charge in [-0.1, -0.05) is 67.4 Å². The number of nitrogens with one attached hydrogen (secondary N) is 3. The van der Waals surface area contributed by atoms with Crippen molar-refractivity contribution in [3.8, 4) is 0 Å². The Bertz CT molecular complexity index is 1270. The van der Waals surface area contributed by atoms with Gasteiger partial charge in [-0.25, -0.2) is 17.9 Å². The molecule has 2 aromatic rings. The highest BCUT2D eigenvalue weighted by molar-refractivity contribution is 7.89. The molecule has 1 saturated carbocycles. The van der Waals surface area contributed by atoms with Crippen LogP contribution in [0, 0.1) is 11.3 Å². The van der Waals surface area contributed by atoms with E-state index in [4.69, 9.17) is 15.9 Å². The summed E-state index contributed by atoms with van der Waals surface area (Å²) in [5.74, 6) is -0.358. The molecule has 2 aromatic carbocycles. The lowest BCUT2D eigenvalue weighted by Crippen LogP contribution is -2.55. The molecule has 4 rings (SSSR count). The minimum Gasteiger partial charge on any atom is -0.425 e.